The lowest BCUT2D eigenvalue weighted by Crippen LogP contribution is -2.19. The van der Waals surface area contributed by atoms with Gasteiger partial charge in [-0.25, -0.2) is 0 Å². The number of unbranched alkanes of at least 4 members (excludes halogenated alkanes) is 9. The van der Waals surface area contributed by atoms with E-state index in [0.29, 0.717) is 0 Å². The van der Waals surface area contributed by atoms with Crippen molar-refractivity contribution in [3.05, 3.63) is 10.1 Å². The van der Waals surface area contributed by atoms with Crippen LogP contribution < -0.4 is 0 Å². The van der Waals surface area contributed by atoms with Gasteiger partial charge in [0.15, 0.2) is 0 Å². The van der Waals surface area contributed by atoms with Gasteiger partial charge in [-0.2, -0.15) is 0 Å². The molecule has 0 bridgehead atoms. The molecule has 0 fully saturated rings. The van der Waals surface area contributed by atoms with Crippen LogP contribution in [0, 0.1) is 10.1 Å². The molecule has 3 heteroatoms. The molecule has 114 valence electrons. The van der Waals surface area contributed by atoms with Crippen molar-refractivity contribution in [3.63, 3.8) is 0 Å². The normalized spacial score (nSPS) is 12.5. The minimum absolute atomic E-state index is 0.0526. The van der Waals surface area contributed by atoms with Crippen molar-refractivity contribution >= 4 is 0 Å². The molecule has 0 heterocycles. The summed E-state index contributed by atoms with van der Waals surface area (Å²) in [6.07, 6.45) is 14.8. The smallest absolute Gasteiger partial charge is 0.213 e. The predicted octanol–water partition coefficient (Wildman–Crippen LogP) is 5.74. The van der Waals surface area contributed by atoms with Crippen molar-refractivity contribution in [3.8, 4) is 0 Å². The van der Waals surface area contributed by atoms with Crippen LogP contribution in [0.2, 0.25) is 0 Å². The van der Waals surface area contributed by atoms with Gasteiger partial charge in [0.25, 0.3) is 0 Å². The Labute approximate surface area is 119 Å². The molecule has 0 aliphatic heterocycles. The fourth-order valence-corrected chi connectivity index (χ4v) is 2.50. The van der Waals surface area contributed by atoms with E-state index in [-0.39, 0.29) is 11.0 Å². The van der Waals surface area contributed by atoms with Crippen molar-refractivity contribution < 1.29 is 4.92 Å². The van der Waals surface area contributed by atoms with Crippen LogP contribution in [-0.4, -0.2) is 11.0 Å². The van der Waals surface area contributed by atoms with Crippen molar-refractivity contribution in [1.82, 2.24) is 0 Å². The summed E-state index contributed by atoms with van der Waals surface area (Å²) >= 11 is 0. The highest BCUT2D eigenvalue weighted by atomic mass is 16.6. The summed E-state index contributed by atoms with van der Waals surface area (Å²) in [6, 6.07) is -0.285. The molecular weight excluding hydrogens is 238 g/mol. The Bertz CT molecular complexity index is 207. The van der Waals surface area contributed by atoms with E-state index in [4.69, 9.17) is 0 Å². The maximum atomic E-state index is 11.0. The Morgan fingerprint density at radius 2 is 1.11 bits per heavy atom. The quantitative estimate of drug-likeness (QED) is 0.229. The van der Waals surface area contributed by atoms with Crippen LogP contribution in [0.15, 0.2) is 0 Å². The van der Waals surface area contributed by atoms with Gasteiger partial charge in [0.05, 0.1) is 0 Å². The van der Waals surface area contributed by atoms with E-state index in [9.17, 15) is 10.1 Å². The third-order valence-electron chi connectivity index (χ3n) is 3.83. The Kier molecular flexibility index (Phi) is 13.4. The molecule has 19 heavy (non-hydrogen) atoms. The second kappa shape index (κ2) is 13.8. The number of rotatable bonds is 14. The highest BCUT2D eigenvalue weighted by Gasteiger charge is 2.18. The van der Waals surface area contributed by atoms with E-state index in [2.05, 4.69) is 13.8 Å². The van der Waals surface area contributed by atoms with Crippen LogP contribution in [0.5, 0.6) is 0 Å². The molecule has 0 aromatic carbocycles. The first-order chi connectivity index (χ1) is 9.22. The largest absolute Gasteiger partial charge is 0.264 e. The zero-order chi connectivity index (χ0) is 14.3. The van der Waals surface area contributed by atoms with Gasteiger partial charge in [-0.05, 0) is 12.8 Å². The summed E-state index contributed by atoms with van der Waals surface area (Å²) in [6.45, 7) is 4.39. The van der Waals surface area contributed by atoms with Gasteiger partial charge >= 0.3 is 0 Å². The van der Waals surface area contributed by atoms with Gasteiger partial charge in [-0.15, -0.1) is 0 Å². The SMILES string of the molecule is CCCCCCCCCC(CCCCCC)[N+](=O)[O-]. The molecule has 1 unspecified atom stereocenters. The van der Waals surface area contributed by atoms with Crippen LogP contribution in [0.3, 0.4) is 0 Å². The zero-order valence-electron chi connectivity index (χ0n) is 13.0. The minimum atomic E-state index is -0.285. The predicted molar refractivity (Wildman–Crippen MR) is 82.2 cm³/mol. The lowest BCUT2D eigenvalue weighted by atomic mass is 10.0. The van der Waals surface area contributed by atoms with Crippen LogP contribution >= 0.6 is 0 Å². The first-order valence-corrected chi connectivity index (χ1v) is 8.35. The molecule has 1 atom stereocenters. The summed E-state index contributed by atoms with van der Waals surface area (Å²) in [5.41, 5.74) is 0. The van der Waals surface area contributed by atoms with Gasteiger partial charge in [0.2, 0.25) is 6.04 Å². The Morgan fingerprint density at radius 1 is 0.737 bits per heavy atom. The lowest BCUT2D eigenvalue weighted by molar-refractivity contribution is -0.524. The topological polar surface area (TPSA) is 43.1 Å². The molecule has 0 amide bonds. The molecule has 0 rings (SSSR count). The van der Waals surface area contributed by atoms with Crippen molar-refractivity contribution in [1.29, 1.82) is 0 Å². The fourth-order valence-electron chi connectivity index (χ4n) is 2.50. The average molecular weight is 271 g/mol. The fraction of sp³-hybridized carbons (Fsp3) is 1.00. The molecular formula is C16H33NO2. The summed E-state index contributed by atoms with van der Waals surface area (Å²) in [5, 5.41) is 11.0. The molecule has 0 aromatic heterocycles. The number of nitro groups is 1. The van der Waals surface area contributed by atoms with Gasteiger partial charge in [0, 0.05) is 17.8 Å². The second-order valence-electron chi connectivity index (χ2n) is 5.70. The molecule has 0 N–H and O–H groups in total. The highest BCUT2D eigenvalue weighted by Crippen LogP contribution is 2.15. The maximum Gasteiger partial charge on any atom is 0.213 e. The zero-order valence-corrected chi connectivity index (χ0v) is 13.0. The van der Waals surface area contributed by atoms with E-state index >= 15 is 0 Å². The molecule has 0 spiro atoms. The molecule has 3 nitrogen and oxygen atoms in total. The number of nitrogens with zero attached hydrogens (tertiary/aromatic N) is 1. The van der Waals surface area contributed by atoms with Crippen molar-refractivity contribution in [2.45, 2.75) is 103 Å². The minimum Gasteiger partial charge on any atom is -0.264 e. The number of hydrogen-bond acceptors (Lipinski definition) is 2. The van der Waals surface area contributed by atoms with Gasteiger partial charge in [-0.3, -0.25) is 10.1 Å². The molecule has 0 radical (unpaired) electrons. The molecule has 0 saturated carbocycles. The van der Waals surface area contributed by atoms with Crippen LogP contribution in [0.1, 0.15) is 97.3 Å². The Hall–Kier alpha value is -0.600. The van der Waals surface area contributed by atoms with Crippen LogP contribution in [0.25, 0.3) is 0 Å². The summed E-state index contributed by atoms with van der Waals surface area (Å²) in [7, 11) is 0. The molecule has 0 aromatic rings. The summed E-state index contributed by atoms with van der Waals surface area (Å²) < 4.78 is 0. The summed E-state index contributed by atoms with van der Waals surface area (Å²) in [5.74, 6) is 0. The third-order valence-corrected chi connectivity index (χ3v) is 3.83. The summed E-state index contributed by atoms with van der Waals surface area (Å²) in [4.78, 5) is 10.9. The van der Waals surface area contributed by atoms with Crippen molar-refractivity contribution in [2.75, 3.05) is 0 Å². The van der Waals surface area contributed by atoms with E-state index in [1.165, 1.54) is 51.4 Å². The van der Waals surface area contributed by atoms with Crippen LogP contribution in [0.4, 0.5) is 0 Å². The van der Waals surface area contributed by atoms with Gasteiger partial charge in [-0.1, -0.05) is 71.6 Å². The monoisotopic (exact) mass is 271 g/mol. The average Bonchev–Trinajstić information content (AvgIpc) is 2.39. The van der Waals surface area contributed by atoms with E-state index in [1.807, 2.05) is 0 Å². The second-order valence-corrected chi connectivity index (χ2v) is 5.70. The van der Waals surface area contributed by atoms with Gasteiger partial charge in [0.1, 0.15) is 0 Å². The van der Waals surface area contributed by atoms with E-state index < -0.39 is 0 Å². The Morgan fingerprint density at radius 3 is 1.53 bits per heavy atom. The lowest BCUT2D eigenvalue weighted by Gasteiger charge is -2.09. The molecule has 0 saturated heterocycles. The van der Waals surface area contributed by atoms with Crippen molar-refractivity contribution in [2.24, 2.45) is 0 Å². The highest BCUT2D eigenvalue weighted by molar-refractivity contribution is 4.58. The van der Waals surface area contributed by atoms with Gasteiger partial charge < -0.3 is 0 Å². The molecule has 0 aliphatic rings. The van der Waals surface area contributed by atoms with E-state index in [0.717, 1.165) is 32.1 Å². The third kappa shape index (κ3) is 12.2. The molecule has 0 aliphatic carbocycles. The maximum absolute atomic E-state index is 11.0. The van der Waals surface area contributed by atoms with E-state index in [1.54, 1.807) is 0 Å². The Balaban J connectivity index is 3.51. The number of hydrogen-bond donors (Lipinski definition) is 0. The first-order valence-electron chi connectivity index (χ1n) is 8.35. The first kappa shape index (κ1) is 18.4. The van der Waals surface area contributed by atoms with Crippen LogP contribution in [-0.2, 0) is 0 Å². The standard InChI is InChI=1S/C16H33NO2/c1-3-5-7-9-10-11-13-15-16(17(18)19)14-12-8-6-4-2/h16H,3-15H2,1-2H3.